The van der Waals surface area contributed by atoms with Crippen LogP contribution in [0.4, 0.5) is 0 Å². The lowest BCUT2D eigenvalue weighted by atomic mass is 10.4. The van der Waals surface area contributed by atoms with Gasteiger partial charge in [-0.05, 0) is 0 Å². The zero-order valence-electron chi connectivity index (χ0n) is 3.55. The van der Waals surface area contributed by atoms with E-state index in [-0.39, 0.29) is 12.1 Å². The van der Waals surface area contributed by atoms with Crippen LogP contribution in [0.3, 0.4) is 0 Å². The predicted octanol–water partition coefficient (Wildman–Crippen LogP) is -0.626. The van der Waals surface area contributed by atoms with E-state index in [1.807, 2.05) is 12.1 Å². The largest absolute Gasteiger partial charge is 0.282 e. The Bertz CT molecular complexity index is 131. The Hall–Kier alpha value is -1.06. The molecule has 0 spiro atoms. The number of nitrogens with zero attached hydrogens (tertiary/aromatic N) is 2. The smallest absolute Gasteiger partial charge is 0.125 e. The topological polar surface area (TPSA) is 69.5 Å². The van der Waals surface area contributed by atoms with Gasteiger partial charge in [0.15, 0.2) is 0 Å². The van der Waals surface area contributed by atoms with Crippen molar-refractivity contribution in [3.63, 3.8) is 0 Å². The van der Waals surface area contributed by atoms with E-state index in [0.29, 0.717) is 0 Å². The van der Waals surface area contributed by atoms with E-state index >= 15 is 0 Å². The first-order valence-electron chi connectivity index (χ1n) is 1.94. The van der Waals surface area contributed by atoms with E-state index in [1.165, 1.54) is 0 Å². The summed E-state index contributed by atoms with van der Waals surface area (Å²) in [5.41, 5.74) is 0. The van der Waals surface area contributed by atoms with Crippen LogP contribution in [0.1, 0.15) is 0 Å². The number of hydrogen-bond acceptors (Lipinski definition) is 3. The van der Waals surface area contributed by atoms with E-state index in [4.69, 9.17) is 10.5 Å². The van der Waals surface area contributed by atoms with Crippen molar-refractivity contribution >= 4 is 0 Å². The second-order valence-corrected chi connectivity index (χ2v) is 1.38. The summed E-state index contributed by atoms with van der Waals surface area (Å²) >= 11 is 0. The van der Waals surface area contributed by atoms with Crippen LogP contribution in [-0.2, 0) is 0 Å². The third-order valence-electron chi connectivity index (χ3n) is 0.862. The number of rotatable bonds is 0. The summed E-state index contributed by atoms with van der Waals surface area (Å²) in [7, 11) is 0. The molecule has 3 nitrogen and oxygen atoms in total. The van der Waals surface area contributed by atoms with Crippen LogP contribution in [0.25, 0.3) is 0 Å². The average molecular weight is 93.1 g/mol. The van der Waals surface area contributed by atoms with Crippen molar-refractivity contribution in [2.45, 2.75) is 12.1 Å². The van der Waals surface area contributed by atoms with Crippen LogP contribution in [0.2, 0.25) is 0 Å². The van der Waals surface area contributed by atoms with Crippen LogP contribution in [-0.4, -0.2) is 12.1 Å². The zero-order valence-corrected chi connectivity index (χ0v) is 3.55. The van der Waals surface area contributed by atoms with Gasteiger partial charge in [0, 0.05) is 0 Å². The van der Waals surface area contributed by atoms with E-state index in [9.17, 15) is 0 Å². The lowest BCUT2D eigenvalue weighted by Gasteiger charge is -1.58. The summed E-state index contributed by atoms with van der Waals surface area (Å²) in [5.74, 6) is 0. The number of nitriles is 2. The minimum Gasteiger partial charge on any atom is -0.282 e. The monoisotopic (exact) mass is 93.0 g/mol. The van der Waals surface area contributed by atoms with Crippen LogP contribution in [0, 0.1) is 22.7 Å². The Morgan fingerprint density at radius 2 is 1.57 bits per heavy atom. The maximum atomic E-state index is 8.04. The van der Waals surface area contributed by atoms with Crippen molar-refractivity contribution < 1.29 is 0 Å². The maximum absolute atomic E-state index is 8.04. The molecule has 3 heteroatoms. The first-order valence-corrected chi connectivity index (χ1v) is 1.94. The predicted molar refractivity (Wildman–Crippen MR) is 21.9 cm³/mol. The molecule has 0 aliphatic carbocycles. The van der Waals surface area contributed by atoms with Gasteiger partial charge in [0.2, 0.25) is 0 Å². The Morgan fingerprint density at radius 3 is 1.71 bits per heavy atom. The molecule has 1 aliphatic rings. The van der Waals surface area contributed by atoms with Gasteiger partial charge in [-0.3, -0.25) is 5.32 Å². The first-order chi connectivity index (χ1) is 3.38. The van der Waals surface area contributed by atoms with Crippen LogP contribution < -0.4 is 5.32 Å². The highest BCUT2D eigenvalue weighted by Gasteiger charge is 2.35. The van der Waals surface area contributed by atoms with E-state index < -0.39 is 0 Å². The van der Waals surface area contributed by atoms with Crippen molar-refractivity contribution in [3.8, 4) is 12.1 Å². The third kappa shape index (κ3) is 0.534. The second-order valence-electron chi connectivity index (χ2n) is 1.38. The third-order valence-corrected chi connectivity index (χ3v) is 0.862. The number of hydrogen-bond donors (Lipinski definition) is 1. The molecule has 1 saturated heterocycles. The fourth-order valence-electron chi connectivity index (χ4n) is 0.361. The molecule has 1 N–H and O–H groups in total. The molecule has 0 bridgehead atoms. The van der Waals surface area contributed by atoms with Gasteiger partial charge in [-0.25, -0.2) is 0 Å². The summed E-state index contributed by atoms with van der Waals surface area (Å²) in [6, 6.07) is 3.43. The normalized spacial score (nSPS) is 35.7. The molecule has 0 aromatic heterocycles. The van der Waals surface area contributed by atoms with E-state index in [1.54, 1.807) is 0 Å². The van der Waals surface area contributed by atoms with Gasteiger partial charge < -0.3 is 0 Å². The van der Waals surface area contributed by atoms with Crippen LogP contribution >= 0.6 is 0 Å². The van der Waals surface area contributed by atoms with Crippen molar-refractivity contribution in [3.05, 3.63) is 0 Å². The molecule has 2 unspecified atom stereocenters. The quantitative estimate of drug-likeness (QED) is 0.405. The molecule has 1 fully saturated rings. The Kier molecular flexibility index (Phi) is 0.714. The SMILES string of the molecule is N#CC1NC1C#N. The van der Waals surface area contributed by atoms with E-state index in [2.05, 4.69) is 5.32 Å². The Balaban J connectivity index is 2.39. The van der Waals surface area contributed by atoms with Gasteiger partial charge in [-0.15, -0.1) is 0 Å². The summed E-state index contributed by atoms with van der Waals surface area (Å²) < 4.78 is 0. The molecule has 1 rings (SSSR count). The van der Waals surface area contributed by atoms with Gasteiger partial charge in [-0.1, -0.05) is 0 Å². The van der Waals surface area contributed by atoms with Gasteiger partial charge >= 0.3 is 0 Å². The highest BCUT2D eigenvalue weighted by Crippen LogP contribution is 2.05. The standard InChI is InChI=1S/C4H3N3/c5-1-3-4(2-6)7-3/h3-4,7H. The first kappa shape index (κ1) is 4.11. The lowest BCUT2D eigenvalue weighted by Crippen LogP contribution is -1.82. The molecule has 0 amide bonds. The van der Waals surface area contributed by atoms with E-state index in [0.717, 1.165) is 0 Å². The molecule has 1 heterocycles. The second kappa shape index (κ2) is 1.22. The van der Waals surface area contributed by atoms with Gasteiger partial charge in [0.25, 0.3) is 0 Å². The van der Waals surface area contributed by atoms with Crippen molar-refractivity contribution in [2.75, 3.05) is 0 Å². The van der Waals surface area contributed by atoms with Crippen LogP contribution in [0.5, 0.6) is 0 Å². The minimum absolute atomic E-state index is 0.190. The van der Waals surface area contributed by atoms with Crippen molar-refractivity contribution in [1.82, 2.24) is 5.32 Å². The molecule has 0 radical (unpaired) electrons. The summed E-state index contributed by atoms with van der Waals surface area (Å²) in [6.45, 7) is 0. The molecular weight excluding hydrogens is 90.1 g/mol. The summed E-state index contributed by atoms with van der Waals surface area (Å²) in [6.07, 6.45) is 0. The Morgan fingerprint density at radius 1 is 1.14 bits per heavy atom. The highest BCUT2D eigenvalue weighted by atomic mass is 15.1. The summed E-state index contributed by atoms with van der Waals surface area (Å²) in [4.78, 5) is 0. The zero-order chi connectivity index (χ0) is 5.28. The van der Waals surface area contributed by atoms with Gasteiger partial charge in [-0.2, -0.15) is 10.5 Å². The van der Waals surface area contributed by atoms with Crippen molar-refractivity contribution in [2.24, 2.45) is 0 Å². The molecule has 0 aromatic rings. The minimum atomic E-state index is -0.190. The molecular formula is C4H3N3. The highest BCUT2D eigenvalue weighted by molar-refractivity contribution is 5.21. The summed E-state index contributed by atoms with van der Waals surface area (Å²) in [5, 5.41) is 18.7. The number of nitrogens with one attached hydrogen (secondary N) is 1. The van der Waals surface area contributed by atoms with Crippen LogP contribution in [0.15, 0.2) is 0 Å². The molecule has 1 aliphatic heterocycles. The molecule has 0 aromatic carbocycles. The van der Waals surface area contributed by atoms with Gasteiger partial charge in [0.1, 0.15) is 12.1 Å². The van der Waals surface area contributed by atoms with Gasteiger partial charge in [0.05, 0.1) is 12.1 Å². The fourth-order valence-corrected chi connectivity index (χ4v) is 0.361. The van der Waals surface area contributed by atoms with Crippen molar-refractivity contribution in [1.29, 1.82) is 10.5 Å². The Labute approximate surface area is 41.2 Å². The molecule has 7 heavy (non-hydrogen) atoms. The average Bonchev–Trinajstić information content (AvgIpc) is 2.43. The molecule has 34 valence electrons. The molecule has 0 saturated carbocycles. The maximum Gasteiger partial charge on any atom is 0.125 e. The fraction of sp³-hybridized carbons (Fsp3) is 0.500. The molecule has 2 atom stereocenters. The lowest BCUT2D eigenvalue weighted by molar-refractivity contribution is 1.20.